The molecule has 0 aromatic heterocycles. The van der Waals surface area contributed by atoms with Gasteiger partial charge in [0.1, 0.15) is 6.21 Å². The first-order chi connectivity index (χ1) is 3.89. The SMILES string of the molecule is CO.O=C1C=NN=N1. The normalized spacial score (nSPS) is 13.5. The van der Waals surface area contributed by atoms with Crippen LogP contribution in [0.5, 0.6) is 0 Å². The van der Waals surface area contributed by atoms with Crippen LogP contribution in [0.1, 0.15) is 0 Å². The number of rotatable bonds is 0. The minimum atomic E-state index is -0.380. The summed E-state index contributed by atoms with van der Waals surface area (Å²) >= 11 is 0. The maximum Gasteiger partial charge on any atom is 0.310 e. The maximum atomic E-state index is 9.83. The van der Waals surface area contributed by atoms with Crippen LogP contribution in [0.15, 0.2) is 15.4 Å². The Hall–Kier alpha value is -1.10. The molecule has 5 heteroatoms. The van der Waals surface area contributed by atoms with E-state index < -0.39 is 0 Å². The molecule has 0 bridgehead atoms. The highest BCUT2D eigenvalue weighted by atomic mass is 16.2. The van der Waals surface area contributed by atoms with Gasteiger partial charge in [0.25, 0.3) is 0 Å². The van der Waals surface area contributed by atoms with Gasteiger partial charge in [-0.15, -0.1) is 5.10 Å². The van der Waals surface area contributed by atoms with Crippen LogP contribution in [0, 0.1) is 0 Å². The van der Waals surface area contributed by atoms with Crippen LogP contribution >= 0.6 is 0 Å². The van der Waals surface area contributed by atoms with Gasteiger partial charge >= 0.3 is 5.91 Å². The lowest BCUT2D eigenvalue weighted by Gasteiger charge is -1.55. The van der Waals surface area contributed by atoms with Gasteiger partial charge in [-0.1, -0.05) is 5.11 Å². The second kappa shape index (κ2) is 4.07. The van der Waals surface area contributed by atoms with Crippen LogP contribution in [-0.2, 0) is 4.79 Å². The summed E-state index contributed by atoms with van der Waals surface area (Å²) in [6.45, 7) is 0. The van der Waals surface area contributed by atoms with Crippen LogP contribution < -0.4 is 0 Å². The highest BCUT2D eigenvalue weighted by Gasteiger charge is 1.94. The Labute approximate surface area is 45.7 Å². The summed E-state index contributed by atoms with van der Waals surface area (Å²) < 4.78 is 0. The molecule has 1 heterocycles. The lowest BCUT2D eigenvalue weighted by Crippen LogP contribution is -1.84. The molecule has 0 fully saturated rings. The molecule has 1 amide bonds. The Morgan fingerprint density at radius 1 is 1.62 bits per heavy atom. The van der Waals surface area contributed by atoms with Gasteiger partial charge in [-0.3, -0.25) is 4.79 Å². The number of nitrogens with zero attached hydrogens (tertiary/aromatic N) is 3. The van der Waals surface area contributed by atoms with Gasteiger partial charge in [0.2, 0.25) is 0 Å². The highest BCUT2D eigenvalue weighted by molar-refractivity contribution is 6.27. The van der Waals surface area contributed by atoms with Crippen LogP contribution in [0.2, 0.25) is 0 Å². The first-order valence-electron chi connectivity index (χ1n) is 1.82. The van der Waals surface area contributed by atoms with Gasteiger partial charge in [-0.25, -0.2) is 0 Å². The largest absolute Gasteiger partial charge is 0.400 e. The van der Waals surface area contributed by atoms with Crippen molar-refractivity contribution in [2.24, 2.45) is 15.4 Å². The van der Waals surface area contributed by atoms with Gasteiger partial charge in [-0.2, -0.15) is 0 Å². The molecule has 0 aliphatic carbocycles. The number of hydrogen-bond donors (Lipinski definition) is 1. The topological polar surface area (TPSA) is 74.4 Å². The average molecular weight is 115 g/mol. The molecule has 1 aliphatic heterocycles. The molecule has 0 aromatic carbocycles. The Morgan fingerprint density at radius 2 is 2.25 bits per heavy atom. The summed E-state index contributed by atoms with van der Waals surface area (Å²) in [6, 6.07) is 0. The zero-order chi connectivity index (χ0) is 6.41. The lowest BCUT2D eigenvalue weighted by molar-refractivity contribution is -0.111. The second-order valence-corrected chi connectivity index (χ2v) is 0.772. The van der Waals surface area contributed by atoms with Crippen molar-refractivity contribution in [2.75, 3.05) is 7.11 Å². The minimum Gasteiger partial charge on any atom is -0.400 e. The molecule has 0 atom stereocenters. The number of aliphatic hydroxyl groups excluding tert-OH is 1. The van der Waals surface area contributed by atoms with Crippen molar-refractivity contribution in [3.05, 3.63) is 0 Å². The summed E-state index contributed by atoms with van der Waals surface area (Å²) in [5.74, 6) is -0.380. The highest BCUT2D eigenvalue weighted by Crippen LogP contribution is 1.83. The lowest BCUT2D eigenvalue weighted by atomic mass is 10.7. The van der Waals surface area contributed by atoms with Gasteiger partial charge in [0.05, 0.1) is 0 Å². The molecule has 0 radical (unpaired) electrons. The van der Waals surface area contributed by atoms with Crippen molar-refractivity contribution in [3.63, 3.8) is 0 Å². The van der Waals surface area contributed by atoms with Crippen LogP contribution in [0.25, 0.3) is 0 Å². The summed E-state index contributed by atoms with van der Waals surface area (Å²) in [5.41, 5.74) is 0. The van der Waals surface area contributed by atoms with Crippen molar-refractivity contribution in [3.8, 4) is 0 Å². The van der Waals surface area contributed by atoms with Crippen LogP contribution in [0.3, 0.4) is 0 Å². The van der Waals surface area contributed by atoms with Crippen molar-refractivity contribution < 1.29 is 9.90 Å². The van der Waals surface area contributed by atoms with Crippen LogP contribution in [0.4, 0.5) is 0 Å². The van der Waals surface area contributed by atoms with Crippen molar-refractivity contribution in [1.82, 2.24) is 0 Å². The smallest absolute Gasteiger partial charge is 0.310 e. The zero-order valence-corrected chi connectivity index (χ0v) is 4.27. The van der Waals surface area contributed by atoms with Gasteiger partial charge in [-0.05, 0) is 5.22 Å². The van der Waals surface area contributed by atoms with E-state index in [0.717, 1.165) is 13.3 Å². The fraction of sp³-hybridized carbons (Fsp3) is 0.333. The Kier molecular flexibility index (Phi) is 3.51. The van der Waals surface area contributed by atoms with Gasteiger partial charge in [0.15, 0.2) is 0 Å². The Bertz CT molecular complexity index is 114. The van der Waals surface area contributed by atoms with E-state index >= 15 is 0 Å². The molecule has 0 spiro atoms. The fourth-order valence-electron chi connectivity index (χ4n) is 0.171. The third-order valence-electron chi connectivity index (χ3n) is 0.363. The van der Waals surface area contributed by atoms with E-state index in [2.05, 4.69) is 15.4 Å². The third kappa shape index (κ3) is 2.14. The molecular weight excluding hydrogens is 110 g/mol. The van der Waals surface area contributed by atoms with E-state index in [1.807, 2.05) is 0 Å². The molecule has 44 valence electrons. The van der Waals surface area contributed by atoms with E-state index in [4.69, 9.17) is 5.11 Å². The molecule has 5 nitrogen and oxygen atoms in total. The zero-order valence-electron chi connectivity index (χ0n) is 4.27. The van der Waals surface area contributed by atoms with Crippen molar-refractivity contribution >= 4 is 12.1 Å². The van der Waals surface area contributed by atoms with E-state index in [9.17, 15) is 4.79 Å². The van der Waals surface area contributed by atoms with Crippen LogP contribution in [-0.4, -0.2) is 24.3 Å². The number of carbonyl (C=O) groups is 1. The summed E-state index contributed by atoms with van der Waals surface area (Å²) in [7, 11) is 1.00. The third-order valence-corrected chi connectivity index (χ3v) is 0.363. The van der Waals surface area contributed by atoms with E-state index in [1.165, 1.54) is 0 Å². The van der Waals surface area contributed by atoms with Gasteiger partial charge in [0, 0.05) is 7.11 Å². The molecule has 0 saturated carbocycles. The number of carbonyl (C=O) groups excluding carboxylic acids is 1. The second-order valence-electron chi connectivity index (χ2n) is 0.772. The fourth-order valence-corrected chi connectivity index (χ4v) is 0.171. The van der Waals surface area contributed by atoms with E-state index in [1.54, 1.807) is 0 Å². The standard InChI is InChI=1S/C2HN3O.CH4O/c6-2-1-3-5-4-2;1-2/h1H;2H,1H3. The van der Waals surface area contributed by atoms with Gasteiger partial charge < -0.3 is 5.11 Å². The summed E-state index contributed by atoms with van der Waals surface area (Å²) in [4.78, 5) is 9.83. The molecule has 1 N–H and O–H groups in total. The molecule has 0 unspecified atom stereocenters. The molecule has 0 saturated heterocycles. The average Bonchev–Trinajstić information content (AvgIpc) is 2.24. The first kappa shape index (κ1) is 6.90. The predicted octanol–water partition coefficient (Wildman–Crippen LogP) is -0.427. The van der Waals surface area contributed by atoms with Crippen molar-refractivity contribution in [1.29, 1.82) is 0 Å². The minimum absolute atomic E-state index is 0.380. The molecule has 1 rings (SSSR count). The quantitative estimate of drug-likeness (QED) is 0.465. The molecule has 8 heavy (non-hydrogen) atoms. The maximum absolute atomic E-state index is 9.83. The summed E-state index contributed by atoms with van der Waals surface area (Å²) in [5, 5.41) is 16.2. The number of hydrogen-bond acceptors (Lipinski definition) is 4. The predicted molar refractivity (Wildman–Crippen MR) is 26.5 cm³/mol. The number of amides is 1. The van der Waals surface area contributed by atoms with E-state index in [0.29, 0.717) is 0 Å². The first-order valence-corrected chi connectivity index (χ1v) is 1.82. The van der Waals surface area contributed by atoms with E-state index in [-0.39, 0.29) is 5.91 Å². The monoisotopic (exact) mass is 115 g/mol. The molecule has 0 aromatic rings. The Balaban J connectivity index is 0.000000222. The number of aliphatic hydroxyl groups is 1. The Morgan fingerprint density at radius 3 is 2.38 bits per heavy atom. The van der Waals surface area contributed by atoms with Crippen molar-refractivity contribution in [2.45, 2.75) is 0 Å². The molecular formula is C3H5N3O2. The molecule has 1 aliphatic rings. The summed E-state index contributed by atoms with van der Waals surface area (Å²) in [6.07, 6.45) is 1.06.